The summed E-state index contributed by atoms with van der Waals surface area (Å²) >= 11 is 0. The van der Waals surface area contributed by atoms with Crippen LogP contribution in [0.5, 0.6) is 0 Å². The van der Waals surface area contributed by atoms with Crippen LogP contribution in [-0.4, -0.2) is 26.3 Å². The molecule has 2 nitrogen and oxygen atoms in total. The molecule has 54 valence electrons. The van der Waals surface area contributed by atoms with Gasteiger partial charge >= 0.3 is 0 Å². The third-order valence-corrected chi connectivity index (χ3v) is 2.07. The fourth-order valence-electron chi connectivity index (χ4n) is 1.32. The first kappa shape index (κ1) is 7.03. The highest BCUT2D eigenvalue weighted by Crippen LogP contribution is 2.25. The molecule has 0 bridgehead atoms. The quantitative estimate of drug-likeness (QED) is 0.560. The van der Waals surface area contributed by atoms with Gasteiger partial charge in [0.15, 0.2) is 0 Å². The van der Waals surface area contributed by atoms with Crippen LogP contribution in [0.25, 0.3) is 0 Å². The second-order valence-corrected chi connectivity index (χ2v) is 3.34. The summed E-state index contributed by atoms with van der Waals surface area (Å²) in [6.07, 6.45) is 0.400. The van der Waals surface area contributed by atoms with Crippen molar-refractivity contribution in [2.45, 2.75) is 20.0 Å². The number of hydrogen-bond acceptors (Lipinski definition) is 2. The summed E-state index contributed by atoms with van der Waals surface area (Å²) in [7, 11) is 1.78. The summed E-state index contributed by atoms with van der Waals surface area (Å²) < 4.78 is 5.26. The van der Waals surface area contributed by atoms with Gasteiger partial charge in [0, 0.05) is 25.6 Å². The zero-order valence-electron chi connectivity index (χ0n) is 6.40. The van der Waals surface area contributed by atoms with Crippen molar-refractivity contribution in [3.63, 3.8) is 0 Å². The van der Waals surface area contributed by atoms with Crippen LogP contribution in [-0.2, 0) is 4.74 Å². The molecule has 0 aromatic rings. The van der Waals surface area contributed by atoms with E-state index in [4.69, 9.17) is 4.74 Å². The van der Waals surface area contributed by atoms with Gasteiger partial charge in [-0.2, -0.15) is 0 Å². The minimum Gasteiger partial charge on any atom is -0.380 e. The number of methoxy groups -OCH3 is 1. The molecule has 1 rings (SSSR count). The van der Waals surface area contributed by atoms with Crippen LogP contribution >= 0.6 is 0 Å². The molecule has 2 heteroatoms. The molecular weight excluding hydrogens is 114 g/mol. The van der Waals surface area contributed by atoms with Crippen molar-refractivity contribution in [1.82, 2.24) is 5.32 Å². The highest BCUT2D eigenvalue weighted by atomic mass is 16.5. The molecule has 1 saturated heterocycles. The van der Waals surface area contributed by atoms with Crippen molar-refractivity contribution in [2.24, 2.45) is 5.41 Å². The van der Waals surface area contributed by atoms with E-state index in [0.717, 1.165) is 13.1 Å². The van der Waals surface area contributed by atoms with Crippen LogP contribution in [0.1, 0.15) is 13.8 Å². The summed E-state index contributed by atoms with van der Waals surface area (Å²) in [5.74, 6) is 0. The Bertz CT molecular complexity index is 101. The molecule has 0 aliphatic carbocycles. The molecule has 0 amide bonds. The molecule has 0 aromatic heterocycles. The predicted octanol–water partition coefficient (Wildman–Crippen LogP) is 0.631. The smallest absolute Gasteiger partial charge is 0.0758 e. The van der Waals surface area contributed by atoms with Gasteiger partial charge in [-0.3, -0.25) is 0 Å². The van der Waals surface area contributed by atoms with Crippen LogP contribution in [0.2, 0.25) is 0 Å². The van der Waals surface area contributed by atoms with E-state index in [-0.39, 0.29) is 0 Å². The Morgan fingerprint density at radius 3 is 2.44 bits per heavy atom. The third-order valence-electron chi connectivity index (χ3n) is 2.07. The summed E-state index contributed by atoms with van der Waals surface area (Å²) in [6.45, 7) is 6.53. The van der Waals surface area contributed by atoms with E-state index >= 15 is 0 Å². The molecule has 0 unspecified atom stereocenters. The molecule has 0 saturated carbocycles. The number of ether oxygens (including phenoxy) is 1. The lowest BCUT2D eigenvalue weighted by Gasteiger charge is -2.23. The second kappa shape index (κ2) is 2.27. The topological polar surface area (TPSA) is 21.3 Å². The Morgan fingerprint density at radius 2 is 2.22 bits per heavy atom. The number of nitrogens with one attached hydrogen (secondary N) is 1. The average Bonchev–Trinajstić information content (AvgIpc) is 2.08. The van der Waals surface area contributed by atoms with Gasteiger partial charge in [0.05, 0.1) is 6.10 Å². The molecular formula is C7H15NO. The van der Waals surface area contributed by atoms with Gasteiger partial charge in [-0.15, -0.1) is 0 Å². The van der Waals surface area contributed by atoms with Crippen molar-refractivity contribution in [3.8, 4) is 0 Å². The second-order valence-electron chi connectivity index (χ2n) is 3.34. The first-order valence-electron chi connectivity index (χ1n) is 3.40. The Labute approximate surface area is 56.6 Å². The van der Waals surface area contributed by atoms with Crippen molar-refractivity contribution in [3.05, 3.63) is 0 Å². The van der Waals surface area contributed by atoms with E-state index in [1.165, 1.54) is 0 Å². The normalized spacial score (nSPS) is 33.0. The molecule has 9 heavy (non-hydrogen) atoms. The van der Waals surface area contributed by atoms with Gasteiger partial charge in [0.2, 0.25) is 0 Å². The minimum absolute atomic E-state index is 0.328. The average molecular weight is 129 g/mol. The van der Waals surface area contributed by atoms with E-state index < -0.39 is 0 Å². The Kier molecular flexibility index (Phi) is 1.78. The monoisotopic (exact) mass is 129 g/mol. The van der Waals surface area contributed by atoms with Crippen molar-refractivity contribution >= 4 is 0 Å². The zero-order chi connectivity index (χ0) is 6.91. The van der Waals surface area contributed by atoms with Gasteiger partial charge < -0.3 is 10.1 Å². The lowest BCUT2D eigenvalue weighted by molar-refractivity contribution is 0.0443. The molecule has 0 spiro atoms. The predicted molar refractivity (Wildman–Crippen MR) is 37.4 cm³/mol. The maximum absolute atomic E-state index is 5.26. The van der Waals surface area contributed by atoms with E-state index in [2.05, 4.69) is 19.2 Å². The Balaban J connectivity index is 2.52. The molecule has 1 N–H and O–H groups in total. The summed E-state index contributed by atoms with van der Waals surface area (Å²) in [4.78, 5) is 0. The molecule has 1 fully saturated rings. The summed E-state index contributed by atoms with van der Waals surface area (Å²) in [5.41, 5.74) is 0.328. The van der Waals surface area contributed by atoms with E-state index in [1.54, 1.807) is 7.11 Å². The van der Waals surface area contributed by atoms with E-state index in [9.17, 15) is 0 Å². The van der Waals surface area contributed by atoms with Crippen LogP contribution in [0.3, 0.4) is 0 Å². The van der Waals surface area contributed by atoms with Crippen LogP contribution in [0, 0.1) is 5.41 Å². The van der Waals surface area contributed by atoms with Crippen LogP contribution < -0.4 is 5.32 Å². The van der Waals surface area contributed by atoms with Crippen molar-refractivity contribution in [2.75, 3.05) is 20.2 Å². The SMILES string of the molecule is CO[C@@H]1CNCC1(C)C. The summed E-state index contributed by atoms with van der Waals surface area (Å²) in [5, 5.41) is 3.29. The fourth-order valence-corrected chi connectivity index (χ4v) is 1.32. The number of rotatable bonds is 1. The van der Waals surface area contributed by atoms with Crippen LogP contribution in [0.4, 0.5) is 0 Å². The van der Waals surface area contributed by atoms with Gasteiger partial charge in [0.1, 0.15) is 0 Å². The van der Waals surface area contributed by atoms with Gasteiger partial charge in [-0.05, 0) is 0 Å². The van der Waals surface area contributed by atoms with Crippen LogP contribution in [0.15, 0.2) is 0 Å². The largest absolute Gasteiger partial charge is 0.380 e. The fraction of sp³-hybridized carbons (Fsp3) is 1.00. The lowest BCUT2D eigenvalue weighted by Crippen LogP contribution is -2.28. The standard InChI is InChI=1S/C7H15NO/c1-7(2)5-8-4-6(7)9-3/h6,8H,4-5H2,1-3H3/t6-/m1/s1. The summed E-state index contributed by atoms with van der Waals surface area (Å²) in [6, 6.07) is 0. The zero-order valence-corrected chi connectivity index (χ0v) is 6.40. The molecule has 1 aliphatic heterocycles. The van der Waals surface area contributed by atoms with Gasteiger partial charge in [-0.1, -0.05) is 13.8 Å². The van der Waals surface area contributed by atoms with Crippen molar-refractivity contribution in [1.29, 1.82) is 0 Å². The third kappa shape index (κ3) is 1.25. The molecule has 0 aromatic carbocycles. The number of hydrogen-bond donors (Lipinski definition) is 1. The highest BCUT2D eigenvalue weighted by Gasteiger charge is 2.34. The van der Waals surface area contributed by atoms with Crippen molar-refractivity contribution < 1.29 is 4.74 Å². The molecule has 1 aliphatic rings. The maximum Gasteiger partial charge on any atom is 0.0758 e. The molecule has 1 atom stereocenters. The molecule has 1 heterocycles. The van der Waals surface area contributed by atoms with Gasteiger partial charge in [0.25, 0.3) is 0 Å². The maximum atomic E-state index is 5.26. The van der Waals surface area contributed by atoms with E-state index in [0.29, 0.717) is 11.5 Å². The van der Waals surface area contributed by atoms with E-state index in [1.807, 2.05) is 0 Å². The minimum atomic E-state index is 0.328. The lowest BCUT2D eigenvalue weighted by atomic mass is 9.90. The first-order valence-corrected chi connectivity index (χ1v) is 3.40. The molecule has 0 radical (unpaired) electrons. The first-order chi connectivity index (χ1) is 4.17. The Hall–Kier alpha value is -0.0800. The Morgan fingerprint density at radius 1 is 1.56 bits per heavy atom. The highest BCUT2D eigenvalue weighted by molar-refractivity contribution is 4.88. The van der Waals surface area contributed by atoms with Gasteiger partial charge in [-0.25, -0.2) is 0 Å².